The Balaban J connectivity index is 1.72. The van der Waals surface area contributed by atoms with Crippen LogP contribution < -0.4 is 16.0 Å². The van der Waals surface area contributed by atoms with Crippen LogP contribution in [0.15, 0.2) is 40.4 Å². The predicted octanol–water partition coefficient (Wildman–Crippen LogP) is 1.75. The number of aryl methyl sites for hydroxylation is 2. The molecule has 45 heavy (non-hydrogen) atoms. The minimum atomic E-state index is -1.40. The number of aliphatic hydroxyl groups is 1. The van der Waals surface area contributed by atoms with Gasteiger partial charge >= 0.3 is 0 Å². The summed E-state index contributed by atoms with van der Waals surface area (Å²) in [6.07, 6.45) is 2.29. The van der Waals surface area contributed by atoms with Gasteiger partial charge in [-0.05, 0) is 50.2 Å². The van der Waals surface area contributed by atoms with Crippen LogP contribution in [0.5, 0.6) is 0 Å². The number of aldehydes is 2. The van der Waals surface area contributed by atoms with E-state index in [0.29, 0.717) is 49.8 Å². The second-order valence-corrected chi connectivity index (χ2v) is 11.7. The molecule has 3 rings (SSSR count). The van der Waals surface area contributed by atoms with Crippen molar-refractivity contribution in [1.82, 2.24) is 26.0 Å². The van der Waals surface area contributed by atoms with Crippen molar-refractivity contribution in [2.24, 2.45) is 11.8 Å². The molecule has 1 fully saturated rings. The van der Waals surface area contributed by atoms with E-state index < -0.39 is 30.1 Å². The van der Waals surface area contributed by atoms with E-state index in [1.165, 1.54) is 12.1 Å². The highest BCUT2D eigenvalue weighted by Crippen LogP contribution is 2.25. The molecule has 0 bridgehead atoms. The maximum Gasteiger partial charge on any atom is 0.290 e. The molecule has 0 aliphatic carbocycles. The lowest BCUT2D eigenvalue weighted by atomic mass is 9.85. The monoisotopic (exact) mass is 624 g/mol. The SMILES string of the molecule is Cc1ccc(CN[C@H](C2CCN(C(=O)C(C#N)=CC(C)C)CC2)C(C=O)NC[C@H](O)[C@@H](C=O)NC(=O)c2cc(C)no2)c(F)c1. The van der Waals surface area contributed by atoms with Crippen LogP contribution in [-0.2, 0) is 20.9 Å². The average Bonchev–Trinajstić information content (AvgIpc) is 3.46. The number of benzene rings is 1. The lowest BCUT2D eigenvalue weighted by Crippen LogP contribution is -2.57. The normalized spacial score (nSPS) is 16.8. The number of piperidine rings is 1. The number of allylic oxidation sites excluding steroid dienone is 1. The van der Waals surface area contributed by atoms with Crippen molar-refractivity contribution in [1.29, 1.82) is 5.26 Å². The number of nitriles is 1. The molecule has 0 spiro atoms. The number of nitrogens with one attached hydrogen (secondary N) is 3. The molecular weight excluding hydrogens is 583 g/mol. The van der Waals surface area contributed by atoms with Gasteiger partial charge in [0.2, 0.25) is 5.76 Å². The van der Waals surface area contributed by atoms with Crippen molar-refractivity contribution >= 4 is 24.4 Å². The van der Waals surface area contributed by atoms with E-state index in [4.69, 9.17) is 4.52 Å². The molecule has 1 aliphatic rings. The van der Waals surface area contributed by atoms with E-state index in [1.807, 2.05) is 19.9 Å². The quantitative estimate of drug-likeness (QED) is 0.130. The molecule has 4 atom stereocenters. The number of likely N-dealkylation sites (tertiary alicyclic amines) is 1. The Morgan fingerprint density at radius 3 is 2.40 bits per heavy atom. The number of aliphatic hydroxyl groups excluding tert-OH is 1. The summed E-state index contributed by atoms with van der Waals surface area (Å²) in [5.41, 5.74) is 1.73. The lowest BCUT2D eigenvalue weighted by Gasteiger charge is -2.39. The van der Waals surface area contributed by atoms with Gasteiger partial charge in [0.25, 0.3) is 11.8 Å². The molecule has 1 aliphatic heterocycles. The van der Waals surface area contributed by atoms with E-state index in [9.17, 15) is 33.9 Å². The molecule has 12 nitrogen and oxygen atoms in total. The third-order valence-corrected chi connectivity index (χ3v) is 7.73. The van der Waals surface area contributed by atoms with E-state index in [2.05, 4.69) is 21.1 Å². The second kappa shape index (κ2) is 16.7. The van der Waals surface area contributed by atoms with Crippen LogP contribution in [0, 0.1) is 42.8 Å². The van der Waals surface area contributed by atoms with Crippen LogP contribution in [0.1, 0.15) is 54.1 Å². The van der Waals surface area contributed by atoms with Gasteiger partial charge in [0.1, 0.15) is 36.1 Å². The summed E-state index contributed by atoms with van der Waals surface area (Å²) in [5.74, 6) is -1.69. The van der Waals surface area contributed by atoms with Crippen LogP contribution in [0.3, 0.4) is 0 Å². The first-order chi connectivity index (χ1) is 21.5. The highest BCUT2D eigenvalue weighted by Gasteiger charge is 2.35. The standard InChI is InChI=1S/C32H41FN6O6/c1-19(2)11-24(14-34)32(44)39-9-7-22(8-10-39)30(36-15-23-6-5-20(3)12-25(23)33)27(18-41)35-16-28(42)26(17-40)37-31(43)29-13-21(4)38-45-29/h5-6,11-13,17-19,22,26-28,30,35-36,42H,7-10,15-16H2,1-4H3,(H,37,43)/t26-,27?,28+,30-/m1/s1. The maximum absolute atomic E-state index is 14.7. The number of hydrogen-bond acceptors (Lipinski definition) is 10. The van der Waals surface area contributed by atoms with Crippen LogP contribution in [0.2, 0.25) is 0 Å². The zero-order chi connectivity index (χ0) is 33.1. The summed E-state index contributed by atoms with van der Waals surface area (Å²) in [7, 11) is 0. The highest BCUT2D eigenvalue weighted by molar-refractivity contribution is 5.97. The molecule has 13 heteroatoms. The van der Waals surface area contributed by atoms with Gasteiger partial charge in [0.15, 0.2) is 0 Å². The van der Waals surface area contributed by atoms with Crippen molar-refractivity contribution in [3.8, 4) is 6.07 Å². The molecule has 2 amide bonds. The Hall–Kier alpha value is -4.25. The smallest absolute Gasteiger partial charge is 0.290 e. The number of rotatable bonds is 15. The number of nitrogens with zero attached hydrogens (tertiary/aromatic N) is 3. The third-order valence-electron chi connectivity index (χ3n) is 7.73. The van der Waals surface area contributed by atoms with Gasteiger partial charge in [-0.15, -0.1) is 0 Å². The Labute approximate surface area is 262 Å². The first-order valence-electron chi connectivity index (χ1n) is 14.9. The van der Waals surface area contributed by atoms with Crippen LogP contribution >= 0.6 is 0 Å². The number of carbonyl (C=O) groups excluding carboxylic acids is 4. The number of halogens is 1. The fraction of sp³-hybridized carbons (Fsp3) is 0.500. The first kappa shape index (κ1) is 35.2. The molecule has 4 N–H and O–H groups in total. The van der Waals surface area contributed by atoms with Crippen molar-refractivity contribution in [3.63, 3.8) is 0 Å². The molecule has 2 aromatic rings. The molecule has 242 valence electrons. The number of aromatic nitrogens is 1. The van der Waals surface area contributed by atoms with Crippen molar-refractivity contribution < 1.29 is 33.2 Å². The molecule has 0 saturated carbocycles. The minimum Gasteiger partial charge on any atom is -0.389 e. The summed E-state index contributed by atoms with van der Waals surface area (Å²) in [6, 6.07) is 5.52. The molecule has 0 radical (unpaired) electrons. The van der Waals surface area contributed by atoms with Gasteiger partial charge in [0.05, 0.1) is 17.8 Å². The fourth-order valence-electron chi connectivity index (χ4n) is 5.29. The topological polar surface area (TPSA) is 178 Å². The first-order valence-corrected chi connectivity index (χ1v) is 14.9. The zero-order valence-corrected chi connectivity index (χ0v) is 26.0. The van der Waals surface area contributed by atoms with Gasteiger partial charge in [-0.3, -0.25) is 9.59 Å². The fourth-order valence-corrected chi connectivity index (χ4v) is 5.29. The lowest BCUT2D eigenvalue weighted by molar-refractivity contribution is -0.128. The summed E-state index contributed by atoms with van der Waals surface area (Å²) < 4.78 is 19.6. The summed E-state index contributed by atoms with van der Waals surface area (Å²) >= 11 is 0. The Morgan fingerprint density at radius 1 is 1.16 bits per heavy atom. The largest absolute Gasteiger partial charge is 0.389 e. The predicted molar refractivity (Wildman–Crippen MR) is 162 cm³/mol. The van der Waals surface area contributed by atoms with Gasteiger partial charge in [-0.25, -0.2) is 4.39 Å². The number of carbonyl (C=O) groups is 4. The Bertz CT molecular complexity index is 1410. The minimum absolute atomic E-state index is 0.0325. The average molecular weight is 625 g/mol. The second-order valence-electron chi connectivity index (χ2n) is 11.7. The molecule has 2 heterocycles. The molecule has 1 unspecified atom stereocenters. The maximum atomic E-state index is 14.7. The van der Waals surface area contributed by atoms with Crippen LogP contribution in [0.4, 0.5) is 4.39 Å². The van der Waals surface area contributed by atoms with Crippen LogP contribution in [-0.4, -0.2) is 83.4 Å². The van der Waals surface area contributed by atoms with Crippen molar-refractivity contribution in [2.75, 3.05) is 19.6 Å². The van der Waals surface area contributed by atoms with E-state index in [1.54, 1.807) is 37.0 Å². The molecule has 1 aromatic heterocycles. The van der Waals surface area contributed by atoms with E-state index >= 15 is 0 Å². The van der Waals surface area contributed by atoms with Gasteiger partial charge in [-0.1, -0.05) is 37.2 Å². The third kappa shape index (κ3) is 9.87. The molecule has 1 aromatic carbocycles. The van der Waals surface area contributed by atoms with Gasteiger partial charge in [0, 0.05) is 43.9 Å². The van der Waals surface area contributed by atoms with E-state index in [-0.39, 0.29) is 48.0 Å². The summed E-state index contributed by atoms with van der Waals surface area (Å²) in [5, 5.41) is 32.5. The molecular formula is C32H41FN6O6. The van der Waals surface area contributed by atoms with E-state index in [0.717, 1.165) is 5.56 Å². The Kier molecular flexibility index (Phi) is 13.1. The van der Waals surface area contributed by atoms with Crippen molar-refractivity contribution in [2.45, 2.75) is 71.3 Å². The summed E-state index contributed by atoms with van der Waals surface area (Å²) in [4.78, 5) is 51.1. The van der Waals surface area contributed by atoms with Crippen molar-refractivity contribution in [3.05, 3.63) is 64.3 Å². The van der Waals surface area contributed by atoms with Gasteiger partial charge < -0.3 is 40.1 Å². The number of hydrogen-bond donors (Lipinski definition) is 4. The van der Waals surface area contributed by atoms with Gasteiger partial charge in [-0.2, -0.15) is 5.26 Å². The highest BCUT2D eigenvalue weighted by atomic mass is 19.1. The Morgan fingerprint density at radius 2 is 1.84 bits per heavy atom. The number of amides is 2. The molecule has 1 saturated heterocycles. The van der Waals surface area contributed by atoms with Crippen LogP contribution in [0.25, 0.3) is 0 Å². The summed E-state index contributed by atoms with van der Waals surface area (Å²) in [6.45, 7) is 7.77. The zero-order valence-electron chi connectivity index (χ0n) is 26.0.